The Bertz CT molecular complexity index is 144. The highest BCUT2D eigenvalue weighted by molar-refractivity contribution is 4.66. The van der Waals surface area contributed by atoms with Crippen molar-refractivity contribution >= 4 is 0 Å². The van der Waals surface area contributed by atoms with E-state index < -0.39 is 5.79 Å². The van der Waals surface area contributed by atoms with Crippen molar-refractivity contribution in [1.29, 1.82) is 0 Å². The maximum absolute atomic E-state index is 9.66. The summed E-state index contributed by atoms with van der Waals surface area (Å²) in [5, 5.41) is 22.7. The van der Waals surface area contributed by atoms with E-state index in [1.165, 1.54) is 19.3 Å². The number of hydrogen-bond donors (Lipinski definition) is 3. The van der Waals surface area contributed by atoms with E-state index in [1.807, 2.05) is 0 Å². The zero-order valence-corrected chi connectivity index (χ0v) is 9.67. The van der Waals surface area contributed by atoms with Gasteiger partial charge < -0.3 is 15.5 Å². The van der Waals surface area contributed by atoms with Gasteiger partial charge in [0.15, 0.2) is 5.79 Å². The van der Waals surface area contributed by atoms with Crippen LogP contribution in [0.3, 0.4) is 0 Å². The van der Waals surface area contributed by atoms with E-state index in [2.05, 4.69) is 5.32 Å². The lowest BCUT2D eigenvalue weighted by atomic mass is 10.0. The Labute approximate surface area is 92.9 Å². The standard InChI is InChI=1S/C12H25NO2/c14-12(15)8-4-2-1-3-6-10-13-11-7-5-9-12/h13-15H,1-11H2. The van der Waals surface area contributed by atoms with Crippen LogP contribution >= 0.6 is 0 Å². The van der Waals surface area contributed by atoms with E-state index in [-0.39, 0.29) is 0 Å². The smallest absolute Gasteiger partial charge is 0.162 e. The first kappa shape index (κ1) is 12.9. The molecule has 1 fully saturated rings. The van der Waals surface area contributed by atoms with Crippen LogP contribution in [-0.2, 0) is 0 Å². The molecular formula is C12H25NO2. The van der Waals surface area contributed by atoms with E-state index >= 15 is 0 Å². The Balaban J connectivity index is 2.24. The molecule has 1 rings (SSSR count). The Morgan fingerprint density at radius 2 is 1.13 bits per heavy atom. The summed E-state index contributed by atoms with van der Waals surface area (Å²) >= 11 is 0. The normalized spacial score (nSPS) is 26.0. The van der Waals surface area contributed by atoms with Crippen molar-refractivity contribution in [2.45, 2.75) is 63.6 Å². The van der Waals surface area contributed by atoms with Crippen LogP contribution < -0.4 is 5.32 Å². The minimum absolute atomic E-state index is 0.522. The third kappa shape index (κ3) is 6.88. The van der Waals surface area contributed by atoms with Gasteiger partial charge in [0.05, 0.1) is 0 Å². The van der Waals surface area contributed by atoms with Gasteiger partial charge in [-0.25, -0.2) is 0 Å². The number of hydrogen-bond acceptors (Lipinski definition) is 3. The first-order valence-electron chi connectivity index (χ1n) is 6.36. The highest BCUT2D eigenvalue weighted by Crippen LogP contribution is 2.19. The molecule has 90 valence electrons. The fourth-order valence-corrected chi connectivity index (χ4v) is 2.10. The zero-order chi connectivity index (χ0) is 11.0. The van der Waals surface area contributed by atoms with Crippen molar-refractivity contribution < 1.29 is 10.2 Å². The topological polar surface area (TPSA) is 52.5 Å². The zero-order valence-electron chi connectivity index (χ0n) is 9.67. The molecule has 3 N–H and O–H groups in total. The molecule has 1 heterocycles. The Morgan fingerprint density at radius 1 is 0.667 bits per heavy atom. The van der Waals surface area contributed by atoms with E-state index in [1.54, 1.807) is 0 Å². The van der Waals surface area contributed by atoms with Gasteiger partial charge in [-0.1, -0.05) is 19.3 Å². The highest BCUT2D eigenvalue weighted by Gasteiger charge is 2.21. The fraction of sp³-hybridized carbons (Fsp3) is 1.00. The molecule has 0 amide bonds. The summed E-state index contributed by atoms with van der Waals surface area (Å²) < 4.78 is 0. The molecular weight excluding hydrogens is 190 g/mol. The van der Waals surface area contributed by atoms with Crippen molar-refractivity contribution in [1.82, 2.24) is 5.32 Å². The van der Waals surface area contributed by atoms with Gasteiger partial charge in [0.2, 0.25) is 0 Å². The molecule has 15 heavy (non-hydrogen) atoms. The van der Waals surface area contributed by atoms with E-state index in [9.17, 15) is 10.2 Å². The summed E-state index contributed by atoms with van der Waals surface area (Å²) in [7, 11) is 0. The molecule has 0 aliphatic carbocycles. The number of nitrogens with one attached hydrogen (secondary N) is 1. The summed E-state index contributed by atoms with van der Waals surface area (Å²) in [4.78, 5) is 0. The first-order chi connectivity index (χ1) is 7.21. The number of aliphatic hydroxyl groups is 2. The van der Waals surface area contributed by atoms with Gasteiger partial charge >= 0.3 is 0 Å². The maximum atomic E-state index is 9.66. The minimum atomic E-state index is -1.41. The number of rotatable bonds is 0. The quantitative estimate of drug-likeness (QED) is 0.540. The average Bonchev–Trinajstić information content (AvgIpc) is 2.20. The van der Waals surface area contributed by atoms with Gasteiger partial charge in [-0.05, 0) is 38.8 Å². The molecule has 0 aromatic carbocycles. The molecule has 0 unspecified atom stereocenters. The largest absolute Gasteiger partial charge is 0.366 e. The lowest BCUT2D eigenvalue weighted by Crippen LogP contribution is -2.28. The molecule has 0 atom stereocenters. The second-order valence-corrected chi connectivity index (χ2v) is 4.71. The lowest BCUT2D eigenvalue weighted by Gasteiger charge is -2.21. The van der Waals surface area contributed by atoms with Gasteiger partial charge in [0.25, 0.3) is 0 Å². The van der Waals surface area contributed by atoms with Crippen LogP contribution in [0.4, 0.5) is 0 Å². The lowest BCUT2D eigenvalue weighted by molar-refractivity contribution is -0.172. The molecule has 0 spiro atoms. The van der Waals surface area contributed by atoms with Crippen molar-refractivity contribution in [3.05, 3.63) is 0 Å². The second-order valence-electron chi connectivity index (χ2n) is 4.71. The van der Waals surface area contributed by atoms with Crippen LogP contribution in [0.15, 0.2) is 0 Å². The first-order valence-corrected chi connectivity index (χ1v) is 6.36. The molecule has 0 aromatic heterocycles. The third-order valence-electron chi connectivity index (χ3n) is 3.11. The van der Waals surface area contributed by atoms with E-state index in [0.717, 1.165) is 38.8 Å². The van der Waals surface area contributed by atoms with Gasteiger partial charge in [-0.15, -0.1) is 0 Å². The van der Waals surface area contributed by atoms with E-state index in [4.69, 9.17) is 0 Å². The summed E-state index contributed by atoms with van der Waals surface area (Å²) in [5.74, 6) is -1.41. The van der Waals surface area contributed by atoms with Gasteiger partial charge in [-0.3, -0.25) is 0 Å². The van der Waals surface area contributed by atoms with Crippen molar-refractivity contribution in [2.75, 3.05) is 13.1 Å². The molecule has 1 saturated heterocycles. The molecule has 0 radical (unpaired) electrons. The summed E-state index contributed by atoms with van der Waals surface area (Å²) in [6, 6.07) is 0. The second kappa shape index (κ2) is 7.20. The van der Waals surface area contributed by atoms with Crippen molar-refractivity contribution in [3.8, 4) is 0 Å². The minimum Gasteiger partial charge on any atom is -0.366 e. The van der Waals surface area contributed by atoms with E-state index in [0.29, 0.717) is 12.8 Å². The van der Waals surface area contributed by atoms with Crippen molar-refractivity contribution in [2.24, 2.45) is 0 Å². The maximum Gasteiger partial charge on any atom is 0.162 e. The monoisotopic (exact) mass is 215 g/mol. The summed E-state index contributed by atoms with van der Waals surface area (Å²) in [6.07, 6.45) is 8.82. The van der Waals surface area contributed by atoms with Gasteiger partial charge in [-0.2, -0.15) is 0 Å². The SMILES string of the molecule is OC1(O)CCCCCCCNCCCC1. The van der Waals surface area contributed by atoms with Crippen molar-refractivity contribution in [3.63, 3.8) is 0 Å². The summed E-state index contributed by atoms with van der Waals surface area (Å²) in [6.45, 7) is 2.12. The predicted octanol–water partition coefficient (Wildman–Crippen LogP) is 1.78. The van der Waals surface area contributed by atoms with Crippen LogP contribution in [0.25, 0.3) is 0 Å². The van der Waals surface area contributed by atoms with Crippen LogP contribution in [0.2, 0.25) is 0 Å². The molecule has 0 saturated carbocycles. The van der Waals surface area contributed by atoms with Gasteiger partial charge in [0, 0.05) is 12.8 Å². The van der Waals surface area contributed by atoms with Crippen LogP contribution in [0.1, 0.15) is 57.8 Å². The predicted molar refractivity (Wildman–Crippen MR) is 61.6 cm³/mol. The average molecular weight is 215 g/mol. The fourth-order valence-electron chi connectivity index (χ4n) is 2.10. The molecule has 3 heteroatoms. The molecule has 0 aromatic rings. The van der Waals surface area contributed by atoms with Gasteiger partial charge in [0.1, 0.15) is 0 Å². The third-order valence-corrected chi connectivity index (χ3v) is 3.11. The van der Waals surface area contributed by atoms with Crippen LogP contribution in [0.5, 0.6) is 0 Å². The highest BCUT2D eigenvalue weighted by atomic mass is 16.5. The molecule has 0 bridgehead atoms. The molecule has 1 aliphatic rings. The Hall–Kier alpha value is -0.120. The Morgan fingerprint density at radius 3 is 1.87 bits per heavy atom. The Kier molecular flexibility index (Phi) is 6.22. The van der Waals surface area contributed by atoms with Crippen LogP contribution in [0, 0.1) is 0 Å². The molecule has 1 aliphatic heterocycles. The molecule has 3 nitrogen and oxygen atoms in total. The van der Waals surface area contributed by atoms with Crippen LogP contribution in [-0.4, -0.2) is 29.1 Å². The summed E-state index contributed by atoms with van der Waals surface area (Å²) in [5.41, 5.74) is 0.